The molecule has 0 radical (unpaired) electrons. The van der Waals surface area contributed by atoms with Gasteiger partial charge in [0.2, 0.25) is 5.89 Å². The molecule has 0 amide bonds. The van der Waals surface area contributed by atoms with E-state index in [9.17, 15) is 0 Å². The molecular weight excluding hydrogens is 194 g/mol. The van der Waals surface area contributed by atoms with Crippen LogP contribution in [0, 0.1) is 0 Å². The molecule has 0 bridgehead atoms. The summed E-state index contributed by atoms with van der Waals surface area (Å²) in [6.45, 7) is 4.36. The molecule has 1 aliphatic heterocycles. The second-order valence-electron chi connectivity index (χ2n) is 3.83. The summed E-state index contributed by atoms with van der Waals surface area (Å²) in [6, 6.07) is 0.603. The van der Waals surface area contributed by atoms with Crippen LogP contribution in [0.2, 0.25) is 0 Å². The van der Waals surface area contributed by atoms with Crippen LogP contribution in [0.15, 0.2) is 4.42 Å². The molecule has 84 valence electrons. The van der Waals surface area contributed by atoms with Gasteiger partial charge < -0.3 is 20.0 Å². The number of nitrogens with zero attached hydrogens (tertiary/aromatic N) is 4. The molecule has 0 aromatic carbocycles. The first-order valence-electron chi connectivity index (χ1n) is 5.25. The van der Waals surface area contributed by atoms with Crippen molar-refractivity contribution < 1.29 is 4.42 Å². The lowest BCUT2D eigenvalue weighted by Crippen LogP contribution is -2.28. The summed E-state index contributed by atoms with van der Waals surface area (Å²) in [6.07, 6.45) is 1.12. The van der Waals surface area contributed by atoms with E-state index in [4.69, 9.17) is 10.2 Å². The Morgan fingerprint density at radius 1 is 1.27 bits per heavy atom. The second-order valence-corrected chi connectivity index (χ2v) is 3.83. The van der Waals surface area contributed by atoms with Crippen molar-refractivity contribution in [2.24, 2.45) is 5.73 Å². The van der Waals surface area contributed by atoms with Crippen molar-refractivity contribution in [3.63, 3.8) is 0 Å². The Morgan fingerprint density at radius 2 is 2.13 bits per heavy atom. The molecule has 0 aliphatic carbocycles. The lowest BCUT2D eigenvalue weighted by atomic mass is 10.4. The molecule has 1 saturated heterocycles. The average molecular weight is 211 g/mol. The predicted octanol–water partition coefficient (Wildman–Crippen LogP) is -0.330. The molecule has 2 rings (SSSR count). The first-order valence-corrected chi connectivity index (χ1v) is 5.25. The number of aromatic nitrogens is 2. The number of anilines is 1. The van der Waals surface area contributed by atoms with E-state index in [2.05, 4.69) is 27.0 Å². The van der Waals surface area contributed by atoms with Gasteiger partial charge in [-0.15, -0.1) is 5.10 Å². The molecule has 0 saturated carbocycles. The van der Waals surface area contributed by atoms with Crippen LogP contribution < -0.4 is 10.6 Å². The minimum absolute atomic E-state index is 0.306. The number of hydrogen-bond acceptors (Lipinski definition) is 6. The zero-order valence-corrected chi connectivity index (χ0v) is 9.02. The summed E-state index contributed by atoms with van der Waals surface area (Å²) in [7, 11) is 2.13. The summed E-state index contributed by atoms with van der Waals surface area (Å²) < 4.78 is 5.42. The number of likely N-dealkylation sites (N-methyl/N-ethyl adjacent to an activating group) is 1. The molecule has 1 aromatic heterocycles. The van der Waals surface area contributed by atoms with Crippen LogP contribution >= 0.6 is 0 Å². The fourth-order valence-electron chi connectivity index (χ4n) is 1.69. The lowest BCUT2D eigenvalue weighted by molar-refractivity contribution is 0.359. The third-order valence-corrected chi connectivity index (χ3v) is 2.62. The van der Waals surface area contributed by atoms with Crippen molar-refractivity contribution in [1.82, 2.24) is 15.1 Å². The molecule has 6 nitrogen and oxygen atoms in total. The predicted molar refractivity (Wildman–Crippen MR) is 56.5 cm³/mol. The lowest BCUT2D eigenvalue weighted by Gasteiger charge is -2.17. The summed E-state index contributed by atoms with van der Waals surface area (Å²) in [4.78, 5) is 4.43. The van der Waals surface area contributed by atoms with Gasteiger partial charge in [0.1, 0.15) is 0 Å². The maximum Gasteiger partial charge on any atom is 0.318 e. The van der Waals surface area contributed by atoms with Crippen molar-refractivity contribution in [2.75, 3.05) is 38.1 Å². The highest BCUT2D eigenvalue weighted by molar-refractivity contribution is 5.24. The fraction of sp³-hybridized carbons (Fsp3) is 0.778. The normalized spacial score (nSPS) is 19.2. The minimum atomic E-state index is 0.306. The molecule has 1 aromatic rings. The van der Waals surface area contributed by atoms with E-state index in [1.807, 2.05) is 0 Å². The quantitative estimate of drug-likeness (QED) is 0.722. The Kier molecular flexibility index (Phi) is 3.17. The summed E-state index contributed by atoms with van der Waals surface area (Å²) in [5.74, 6) is 0.502. The van der Waals surface area contributed by atoms with Gasteiger partial charge in [0.05, 0.1) is 6.54 Å². The Labute approximate surface area is 89.0 Å². The summed E-state index contributed by atoms with van der Waals surface area (Å²) in [5, 5.41) is 7.85. The van der Waals surface area contributed by atoms with Crippen molar-refractivity contribution >= 4 is 6.01 Å². The van der Waals surface area contributed by atoms with E-state index < -0.39 is 0 Å². The SMILES string of the molecule is CN1CCCN(c2nnc(CN)o2)CC1. The van der Waals surface area contributed by atoms with Gasteiger partial charge in [-0.3, -0.25) is 0 Å². The van der Waals surface area contributed by atoms with Crippen molar-refractivity contribution in [2.45, 2.75) is 13.0 Å². The summed E-state index contributed by atoms with van der Waals surface area (Å²) in [5.41, 5.74) is 5.42. The first kappa shape index (κ1) is 10.4. The van der Waals surface area contributed by atoms with Gasteiger partial charge >= 0.3 is 6.01 Å². The first-order chi connectivity index (χ1) is 7.29. The molecule has 1 aliphatic rings. The van der Waals surface area contributed by atoms with Crippen LogP contribution in [0.25, 0.3) is 0 Å². The van der Waals surface area contributed by atoms with Gasteiger partial charge in [-0.1, -0.05) is 5.10 Å². The molecule has 15 heavy (non-hydrogen) atoms. The van der Waals surface area contributed by atoms with Crippen molar-refractivity contribution in [3.8, 4) is 0 Å². The molecule has 2 N–H and O–H groups in total. The van der Waals surface area contributed by atoms with Crippen LogP contribution in [0.5, 0.6) is 0 Å². The zero-order valence-electron chi connectivity index (χ0n) is 9.02. The van der Waals surface area contributed by atoms with E-state index in [1.54, 1.807) is 0 Å². The standard InChI is InChI=1S/C9H17N5O/c1-13-3-2-4-14(6-5-13)9-12-11-8(7-10)15-9/h2-7,10H2,1H3. The summed E-state index contributed by atoms with van der Waals surface area (Å²) >= 11 is 0. The van der Waals surface area contributed by atoms with Crippen molar-refractivity contribution in [3.05, 3.63) is 5.89 Å². The highest BCUT2D eigenvalue weighted by Crippen LogP contribution is 2.13. The topological polar surface area (TPSA) is 71.4 Å². The van der Waals surface area contributed by atoms with E-state index >= 15 is 0 Å². The molecular formula is C9H17N5O. The van der Waals surface area contributed by atoms with Crippen LogP contribution in [-0.2, 0) is 6.54 Å². The van der Waals surface area contributed by atoms with E-state index in [-0.39, 0.29) is 0 Å². The van der Waals surface area contributed by atoms with E-state index in [1.165, 1.54) is 0 Å². The Hall–Kier alpha value is -1.14. The number of nitrogens with two attached hydrogens (primary N) is 1. The van der Waals surface area contributed by atoms with Gasteiger partial charge in [0.15, 0.2) is 0 Å². The minimum Gasteiger partial charge on any atom is -0.407 e. The van der Waals surface area contributed by atoms with Gasteiger partial charge in [-0.2, -0.15) is 0 Å². The third-order valence-electron chi connectivity index (χ3n) is 2.62. The third kappa shape index (κ3) is 2.45. The number of rotatable bonds is 2. The monoisotopic (exact) mass is 211 g/mol. The second kappa shape index (κ2) is 4.59. The Balaban J connectivity index is 2.03. The number of hydrogen-bond donors (Lipinski definition) is 1. The smallest absolute Gasteiger partial charge is 0.318 e. The van der Waals surface area contributed by atoms with Crippen LogP contribution in [0.1, 0.15) is 12.3 Å². The van der Waals surface area contributed by atoms with Gasteiger partial charge in [0, 0.05) is 19.6 Å². The van der Waals surface area contributed by atoms with Gasteiger partial charge in [0.25, 0.3) is 0 Å². The van der Waals surface area contributed by atoms with Crippen LogP contribution in [-0.4, -0.2) is 48.3 Å². The maximum absolute atomic E-state index is 5.42. The molecule has 0 spiro atoms. The highest BCUT2D eigenvalue weighted by atomic mass is 16.4. The fourth-order valence-corrected chi connectivity index (χ4v) is 1.69. The molecule has 6 heteroatoms. The van der Waals surface area contributed by atoms with E-state index in [0.717, 1.165) is 32.6 Å². The largest absolute Gasteiger partial charge is 0.407 e. The van der Waals surface area contributed by atoms with Gasteiger partial charge in [-0.05, 0) is 20.0 Å². The molecule has 2 heterocycles. The highest BCUT2D eigenvalue weighted by Gasteiger charge is 2.17. The zero-order chi connectivity index (χ0) is 10.7. The molecule has 0 unspecified atom stereocenters. The molecule has 1 fully saturated rings. The van der Waals surface area contributed by atoms with Crippen LogP contribution in [0.3, 0.4) is 0 Å². The average Bonchev–Trinajstić information content (AvgIpc) is 2.62. The van der Waals surface area contributed by atoms with Gasteiger partial charge in [-0.25, -0.2) is 0 Å². The Morgan fingerprint density at radius 3 is 2.87 bits per heavy atom. The van der Waals surface area contributed by atoms with E-state index in [0.29, 0.717) is 18.5 Å². The maximum atomic E-state index is 5.42. The molecule has 0 atom stereocenters. The van der Waals surface area contributed by atoms with Crippen LogP contribution in [0.4, 0.5) is 6.01 Å². The van der Waals surface area contributed by atoms with Crippen molar-refractivity contribution in [1.29, 1.82) is 0 Å². The Bertz CT molecular complexity index is 313.